The number of nitrogens with one attached hydrogen (secondary N) is 1. The molecule has 1 unspecified atom stereocenters. The zero-order chi connectivity index (χ0) is 14.4. The largest absolute Gasteiger partial charge is 0.494 e. The van der Waals surface area contributed by atoms with Crippen molar-refractivity contribution in [1.82, 2.24) is 15.2 Å². The summed E-state index contributed by atoms with van der Waals surface area (Å²) in [5, 5.41) is 12.5. The number of amides is 1. The molecular weight excluding hydrogens is 258 g/mol. The molecular formula is C14H21N3O3. The highest BCUT2D eigenvalue weighted by Crippen LogP contribution is 2.18. The lowest BCUT2D eigenvalue weighted by Crippen LogP contribution is -2.42. The van der Waals surface area contributed by atoms with E-state index in [0.29, 0.717) is 30.4 Å². The first kappa shape index (κ1) is 14.7. The zero-order valence-electron chi connectivity index (χ0n) is 11.7. The Morgan fingerprint density at radius 2 is 2.50 bits per heavy atom. The highest BCUT2D eigenvalue weighted by atomic mass is 16.5. The Kier molecular flexibility index (Phi) is 5.31. The van der Waals surface area contributed by atoms with Crippen LogP contribution in [0.5, 0.6) is 5.75 Å². The monoisotopic (exact) mass is 279 g/mol. The maximum absolute atomic E-state index is 12.6. The summed E-state index contributed by atoms with van der Waals surface area (Å²) in [4.78, 5) is 18.2. The highest BCUT2D eigenvalue weighted by Gasteiger charge is 2.24. The number of hydrogen-bond acceptors (Lipinski definition) is 5. The average molecular weight is 279 g/mol. The van der Waals surface area contributed by atoms with Crippen LogP contribution in [0.15, 0.2) is 18.5 Å². The number of nitrogens with zero attached hydrogens (tertiary/aromatic N) is 2. The first-order chi connectivity index (χ1) is 9.76. The topological polar surface area (TPSA) is 74.7 Å². The summed E-state index contributed by atoms with van der Waals surface area (Å²) in [6.07, 6.45) is 5.28. The van der Waals surface area contributed by atoms with Crippen LogP contribution in [0.1, 0.15) is 23.2 Å². The smallest absolute Gasteiger partial charge is 0.257 e. The van der Waals surface area contributed by atoms with Crippen molar-refractivity contribution in [3.05, 3.63) is 24.0 Å². The normalized spacial score (nSPS) is 18.0. The van der Waals surface area contributed by atoms with Crippen molar-refractivity contribution in [2.75, 3.05) is 33.4 Å². The van der Waals surface area contributed by atoms with Gasteiger partial charge in [-0.1, -0.05) is 0 Å². The van der Waals surface area contributed by atoms with Gasteiger partial charge in [0.15, 0.2) is 0 Å². The number of carbonyl (C=O) groups is 1. The van der Waals surface area contributed by atoms with E-state index in [4.69, 9.17) is 4.74 Å². The van der Waals surface area contributed by atoms with Crippen molar-refractivity contribution >= 4 is 5.91 Å². The number of methoxy groups -OCH3 is 1. The lowest BCUT2D eigenvalue weighted by molar-refractivity contribution is 0.0703. The van der Waals surface area contributed by atoms with Gasteiger partial charge in [0, 0.05) is 25.3 Å². The Bertz CT molecular complexity index is 447. The molecule has 6 heteroatoms. The Morgan fingerprint density at radius 1 is 1.65 bits per heavy atom. The SMILES string of the molecule is COc1cnccc1C(=O)N(CCO)CC1CCCN1. The first-order valence-electron chi connectivity index (χ1n) is 6.87. The molecule has 1 atom stereocenters. The van der Waals surface area contributed by atoms with E-state index in [1.165, 1.54) is 13.3 Å². The predicted octanol–water partition coefficient (Wildman–Crippen LogP) is 0.277. The summed E-state index contributed by atoms with van der Waals surface area (Å²) in [7, 11) is 1.52. The van der Waals surface area contributed by atoms with Gasteiger partial charge in [-0.25, -0.2) is 0 Å². The fourth-order valence-electron chi connectivity index (χ4n) is 2.46. The quantitative estimate of drug-likeness (QED) is 0.782. The number of hydrogen-bond donors (Lipinski definition) is 2. The average Bonchev–Trinajstić information content (AvgIpc) is 2.99. The van der Waals surface area contributed by atoms with Crippen molar-refractivity contribution < 1.29 is 14.6 Å². The van der Waals surface area contributed by atoms with Crippen molar-refractivity contribution in [1.29, 1.82) is 0 Å². The Labute approximate surface area is 118 Å². The molecule has 1 amide bonds. The molecule has 2 rings (SSSR count). The standard InChI is InChI=1S/C14H21N3O3/c1-20-13-9-15-6-4-12(13)14(19)17(7-8-18)10-11-3-2-5-16-11/h4,6,9,11,16,18H,2-3,5,7-8,10H2,1H3. The van der Waals surface area contributed by atoms with Gasteiger partial charge in [-0.3, -0.25) is 9.78 Å². The molecule has 0 aromatic carbocycles. The van der Waals surface area contributed by atoms with Crippen LogP contribution in [0, 0.1) is 0 Å². The molecule has 2 heterocycles. The van der Waals surface area contributed by atoms with Gasteiger partial charge in [-0.2, -0.15) is 0 Å². The number of aromatic nitrogens is 1. The van der Waals surface area contributed by atoms with Gasteiger partial charge in [0.2, 0.25) is 0 Å². The van der Waals surface area contributed by atoms with E-state index in [1.807, 2.05) is 0 Å². The van der Waals surface area contributed by atoms with Crippen LogP contribution in [-0.4, -0.2) is 60.3 Å². The zero-order valence-corrected chi connectivity index (χ0v) is 11.7. The Hall–Kier alpha value is -1.66. The fourth-order valence-corrected chi connectivity index (χ4v) is 2.46. The second kappa shape index (κ2) is 7.21. The van der Waals surface area contributed by atoms with Gasteiger partial charge in [0.05, 0.1) is 25.5 Å². The summed E-state index contributed by atoms with van der Waals surface area (Å²) in [6, 6.07) is 1.95. The second-order valence-corrected chi connectivity index (χ2v) is 4.84. The van der Waals surface area contributed by atoms with Gasteiger partial charge >= 0.3 is 0 Å². The molecule has 0 radical (unpaired) electrons. The number of rotatable bonds is 6. The van der Waals surface area contributed by atoms with Gasteiger partial charge < -0.3 is 20.1 Å². The summed E-state index contributed by atoms with van der Waals surface area (Å²) >= 11 is 0. The number of carbonyl (C=O) groups excluding carboxylic acids is 1. The molecule has 0 bridgehead atoms. The fraction of sp³-hybridized carbons (Fsp3) is 0.571. The van der Waals surface area contributed by atoms with Gasteiger partial charge in [-0.15, -0.1) is 0 Å². The molecule has 1 aliphatic heterocycles. The molecule has 1 aromatic rings. The highest BCUT2D eigenvalue weighted by molar-refractivity contribution is 5.96. The molecule has 1 aliphatic rings. The minimum absolute atomic E-state index is 0.0497. The van der Waals surface area contributed by atoms with Crippen molar-refractivity contribution in [3.63, 3.8) is 0 Å². The van der Waals surface area contributed by atoms with Crippen LogP contribution < -0.4 is 10.1 Å². The minimum atomic E-state index is -0.132. The summed E-state index contributed by atoms with van der Waals surface area (Å²) in [5.74, 6) is 0.326. The van der Waals surface area contributed by atoms with Gasteiger partial charge in [0.25, 0.3) is 5.91 Å². The third-order valence-electron chi connectivity index (χ3n) is 3.50. The van der Waals surface area contributed by atoms with E-state index in [2.05, 4.69) is 10.3 Å². The van der Waals surface area contributed by atoms with E-state index >= 15 is 0 Å². The van der Waals surface area contributed by atoms with E-state index in [-0.39, 0.29) is 12.5 Å². The van der Waals surface area contributed by atoms with Crippen molar-refractivity contribution in [2.45, 2.75) is 18.9 Å². The molecule has 1 fully saturated rings. The summed E-state index contributed by atoms with van der Waals surface area (Å²) in [6.45, 7) is 1.86. The molecule has 0 spiro atoms. The minimum Gasteiger partial charge on any atom is -0.494 e. The van der Waals surface area contributed by atoms with Crippen LogP contribution in [0.25, 0.3) is 0 Å². The number of aliphatic hydroxyl groups excluding tert-OH is 1. The molecule has 1 saturated heterocycles. The van der Waals surface area contributed by atoms with E-state index in [9.17, 15) is 9.90 Å². The number of aliphatic hydroxyl groups is 1. The van der Waals surface area contributed by atoms with Gasteiger partial charge in [-0.05, 0) is 25.5 Å². The Morgan fingerprint density at radius 3 is 3.15 bits per heavy atom. The summed E-state index contributed by atoms with van der Waals surface area (Å²) in [5.41, 5.74) is 0.481. The number of pyridine rings is 1. The maximum atomic E-state index is 12.6. The molecule has 110 valence electrons. The maximum Gasteiger partial charge on any atom is 0.257 e. The summed E-state index contributed by atoms with van der Waals surface area (Å²) < 4.78 is 5.18. The van der Waals surface area contributed by atoms with Crippen molar-refractivity contribution in [2.24, 2.45) is 0 Å². The molecule has 1 aromatic heterocycles. The number of ether oxygens (including phenoxy) is 1. The van der Waals surface area contributed by atoms with E-state index in [0.717, 1.165) is 19.4 Å². The van der Waals surface area contributed by atoms with Gasteiger partial charge in [0.1, 0.15) is 5.75 Å². The molecule has 0 saturated carbocycles. The lowest BCUT2D eigenvalue weighted by Gasteiger charge is -2.25. The molecule has 20 heavy (non-hydrogen) atoms. The van der Waals surface area contributed by atoms with Crippen molar-refractivity contribution in [3.8, 4) is 5.75 Å². The molecule has 6 nitrogen and oxygen atoms in total. The lowest BCUT2D eigenvalue weighted by atomic mass is 10.1. The third kappa shape index (κ3) is 3.46. The van der Waals surface area contributed by atoms with Crippen LogP contribution in [0.4, 0.5) is 0 Å². The molecule has 0 aliphatic carbocycles. The van der Waals surface area contributed by atoms with Crippen LogP contribution in [0.2, 0.25) is 0 Å². The van der Waals surface area contributed by atoms with E-state index in [1.54, 1.807) is 17.2 Å². The van der Waals surface area contributed by atoms with Crippen LogP contribution in [-0.2, 0) is 0 Å². The second-order valence-electron chi connectivity index (χ2n) is 4.84. The van der Waals surface area contributed by atoms with Crippen LogP contribution in [0.3, 0.4) is 0 Å². The van der Waals surface area contributed by atoms with E-state index < -0.39 is 0 Å². The predicted molar refractivity (Wildman–Crippen MR) is 74.8 cm³/mol. The first-order valence-corrected chi connectivity index (χ1v) is 6.87. The third-order valence-corrected chi connectivity index (χ3v) is 3.50. The van der Waals surface area contributed by atoms with Crippen LogP contribution >= 0.6 is 0 Å². The molecule has 2 N–H and O–H groups in total. The Balaban J connectivity index is 2.12.